The van der Waals surface area contributed by atoms with Crippen molar-refractivity contribution in [3.05, 3.63) is 64.3 Å². The maximum atomic E-state index is 6.17. The summed E-state index contributed by atoms with van der Waals surface area (Å²) < 4.78 is 10.7. The molecule has 0 saturated carbocycles. The van der Waals surface area contributed by atoms with Crippen LogP contribution in [0, 0.1) is 0 Å². The van der Waals surface area contributed by atoms with Gasteiger partial charge in [-0.15, -0.1) is 0 Å². The van der Waals surface area contributed by atoms with E-state index in [0.717, 1.165) is 17.1 Å². The largest absolute Gasteiger partial charge is 0.454 e. The summed E-state index contributed by atoms with van der Waals surface area (Å²) in [5.41, 5.74) is 1.72. The number of aromatic nitrogens is 2. The fourth-order valence-corrected chi connectivity index (χ4v) is 2.81. The van der Waals surface area contributed by atoms with Crippen molar-refractivity contribution < 1.29 is 9.47 Å². The molecule has 0 fully saturated rings. The van der Waals surface area contributed by atoms with Crippen LogP contribution in [-0.2, 0) is 6.54 Å². The molecule has 0 amide bonds. The number of rotatable bonds is 5. The molecule has 0 unspecified atom stereocenters. The molecule has 1 aromatic heterocycles. The highest BCUT2D eigenvalue weighted by Gasteiger charge is 2.13. The van der Waals surface area contributed by atoms with Crippen molar-refractivity contribution >= 4 is 40.7 Å². The Morgan fingerprint density at radius 1 is 1.00 bits per heavy atom. The molecule has 1 aliphatic heterocycles. The predicted octanol–water partition coefficient (Wildman–Crippen LogP) is 4.87. The van der Waals surface area contributed by atoms with E-state index in [-0.39, 0.29) is 6.79 Å². The summed E-state index contributed by atoms with van der Waals surface area (Å²) in [6.07, 6.45) is 1.66. The second kappa shape index (κ2) is 7.27. The summed E-state index contributed by atoms with van der Waals surface area (Å²) in [6, 6.07) is 12.7. The number of nitrogens with zero attached hydrogens (tertiary/aromatic N) is 2. The fourth-order valence-electron chi connectivity index (χ4n) is 2.48. The molecule has 2 aromatic carbocycles. The van der Waals surface area contributed by atoms with Crippen LogP contribution in [0.15, 0.2) is 48.7 Å². The van der Waals surface area contributed by atoms with Crippen LogP contribution >= 0.6 is 23.2 Å². The molecule has 3 aromatic rings. The zero-order valence-electron chi connectivity index (χ0n) is 13.5. The molecule has 132 valence electrons. The van der Waals surface area contributed by atoms with Crippen LogP contribution in [0.3, 0.4) is 0 Å². The standard InChI is InChI=1S/C18H14Cl2N4O2/c19-12-2-3-13(20)14(8-12)23-17-5-6-21-18(24-17)22-9-11-1-4-15-16(7-11)26-10-25-15/h1-8H,9-10H2,(H2,21,22,23,24). The van der Waals surface area contributed by atoms with E-state index in [1.54, 1.807) is 30.5 Å². The van der Waals surface area contributed by atoms with Gasteiger partial charge in [0.05, 0.1) is 10.7 Å². The molecule has 0 bridgehead atoms. The second-order valence-electron chi connectivity index (χ2n) is 5.56. The van der Waals surface area contributed by atoms with Crippen LogP contribution in [0.25, 0.3) is 0 Å². The molecule has 2 N–H and O–H groups in total. The SMILES string of the molecule is Clc1ccc(Cl)c(Nc2ccnc(NCc3ccc4c(c3)OCO4)n2)c1. The first-order valence-electron chi connectivity index (χ1n) is 7.85. The summed E-state index contributed by atoms with van der Waals surface area (Å²) >= 11 is 12.2. The summed E-state index contributed by atoms with van der Waals surface area (Å²) in [5.74, 6) is 2.61. The van der Waals surface area contributed by atoms with Crippen LogP contribution < -0.4 is 20.1 Å². The molecule has 1 aliphatic rings. The number of fused-ring (bicyclic) bond motifs is 1. The molecule has 0 spiro atoms. The lowest BCUT2D eigenvalue weighted by Crippen LogP contribution is -2.05. The Balaban J connectivity index is 1.45. The van der Waals surface area contributed by atoms with E-state index in [4.69, 9.17) is 32.7 Å². The highest BCUT2D eigenvalue weighted by Crippen LogP contribution is 2.32. The van der Waals surface area contributed by atoms with Gasteiger partial charge in [-0.2, -0.15) is 4.98 Å². The molecule has 0 radical (unpaired) electrons. The normalized spacial score (nSPS) is 12.1. The monoisotopic (exact) mass is 388 g/mol. The van der Waals surface area contributed by atoms with Crippen molar-refractivity contribution in [1.82, 2.24) is 9.97 Å². The smallest absolute Gasteiger partial charge is 0.231 e. The molecule has 0 saturated heterocycles. The topological polar surface area (TPSA) is 68.3 Å². The maximum absolute atomic E-state index is 6.17. The van der Waals surface area contributed by atoms with Gasteiger partial charge in [-0.05, 0) is 42.0 Å². The average Bonchev–Trinajstić information content (AvgIpc) is 3.11. The lowest BCUT2D eigenvalue weighted by molar-refractivity contribution is 0.174. The van der Waals surface area contributed by atoms with Crippen LogP contribution in [-0.4, -0.2) is 16.8 Å². The van der Waals surface area contributed by atoms with Crippen molar-refractivity contribution in [3.8, 4) is 11.5 Å². The van der Waals surface area contributed by atoms with E-state index in [1.165, 1.54) is 0 Å². The van der Waals surface area contributed by atoms with Gasteiger partial charge < -0.3 is 20.1 Å². The first-order chi connectivity index (χ1) is 12.7. The van der Waals surface area contributed by atoms with E-state index in [1.807, 2.05) is 18.2 Å². The van der Waals surface area contributed by atoms with Crippen LogP contribution in [0.5, 0.6) is 11.5 Å². The van der Waals surface area contributed by atoms with Gasteiger partial charge in [0.1, 0.15) is 5.82 Å². The lowest BCUT2D eigenvalue weighted by atomic mass is 10.2. The van der Waals surface area contributed by atoms with E-state index in [2.05, 4.69) is 20.6 Å². The quantitative estimate of drug-likeness (QED) is 0.649. The van der Waals surface area contributed by atoms with Gasteiger partial charge in [-0.25, -0.2) is 4.98 Å². The van der Waals surface area contributed by atoms with Gasteiger partial charge >= 0.3 is 0 Å². The predicted molar refractivity (Wildman–Crippen MR) is 102 cm³/mol. The Morgan fingerprint density at radius 2 is 1.88 bits per heavy atom. The molecular weight excluding hydrogens is 375 g/mol. The minimum Gasteiger partial charge on any atom is -0.454 e. The third-order valence-electron chi connectivity index (χ3n) is 3.73. The first kappa shape index (κ1) is 16.8. The second-order valence-corrected chi connectivity index (χ2v) is 6.40. The third kappa shape index (κ3) is 3.76. The highest BCUT2D eigenvalue weighted by molar-refractivity contribution is 6.35. The van der Waals surface area contributed by atoms with Crippen molar-refractivity contribution in [2.24, 2.45) is 0 Å². The average molecular weight is 389 g/mol. The Kier molecular flexibility index (Phi) is 4.69. The van der Waals surface area contributed by atoms with Crippen LogP contribution in [0.4, 0.5) is 17.5 Å². The summed E-state index contributed by atoms with van der Waals surface area (Å²) in [6.45, 7) is 0.813. The molecular formula is C18H14Cl2N4O2. The van der Waals surface area contributed by atoms with Crippen LogP contribution in [0.2, 0.25) is 10.0 Å². The molecule has 4 rings (SSSR count). The molecule has 6 nitrogen and oxygen atoms in total. The number of ether oxygens (including phenoxy) is 2. The van der Waals surface area contributed by atoms with E-state index < -0.39 is 0 Å². The number of hydrogen-bond acceptors (Lipinski definition) is 6. The molecule has 0 aliphatic carbocycles. The van der Waals surface area contributed by atoms with Gasteiger partial charge in [0.2, 0.25) is 12.7 Å². The van der Waals surface area contributed by atoms with Crippen molar-refractivity contribution in [2.45, 2.75) is 6.54 Å². The number of hydrogen-bond donors (Lipinski definition) is 2. The molecule has 0 atom stereocenters. The minimum atomic E-state index is 0.259. The van der Waals surface area contributed by atoms with E-state index in [0.29, 0.717) is 34.0 Å². The first-order valence-corrected chi connectivity index (χ1v) is 8.60. The Bertz CT molecular complexity index is 952. The van der Waals surface area contributed by atoms with Crippen molar-refractivity contribution in [2.75, 3.05) is 17.4 Å². The minimum absolute atomic E-state index is 0.259. The lowest BCUT2D eigenvalue weighted by Gasteiger charge is -2.10. The van der Waals surface area contributed by atoms with Gasteiger partial charge in [0.25, 0.3) is 0 Å². The molecule has 8 heteroatoms. The zero-order chi connectivity index (χ0) is 17.9. The Hall–Kier alpha value is -2.70. The number of anilines is 3. The van der Waals surface area contributed by atoms with Crippen LogP contribution in [0.1, 0.15) is 5.56 Å². The number of halogens is 2. The number of benzene rings is 2. The Labute approximate surface area is 160 Å². The van der Waals surface area contributed by atoms with Gasteiger partial charge in [0, 0.05) is 17.8 Å². The fraction of sp³-hybridized carbons (Fsp3) is 0.111. The van der Waals surface area contributed by atoms with Crippen molar-refractivity contribution in [3.63, 3.8) is 0 Å². The van der Waals surface area contributed by atoms with E-state index >= 15 is 0 Å². The van der Waals surface area contributed by atoms with Crippen molar-refractivity contribution in [1.29, 1.82) is 0 Å². The third-order valence-corrected chi connectivity index (χ3v) is 4.30. The van der Waals surface area contributed by atoms with Gasteiger partial charge in [-0.3, -0.25) is 0 Å². The number of nitrogens with one attached hydrogen (secondary N) is 2. The zero-order valence-corrected chi connectivity index (χ0v) is 15.0. The highest BCUT2D eigenvalue weighted by atomic mass is 35.5. The Morgan fingerprint density at radius 3 is 2.81 bits per heavy atom. The summed E-state index contributed by atoms with van der Waals surface area (Å²) in [4.78, 5) is 8.67. The summed E-state index contributed by atoms with van der Waals surface area (Å²) in [5, 5.41) is 7.48. The maximum Gasteiger partial charge on any atom is 0.231 e. The van der Waals surface area contributed by atoms with Gasteiger partial charge in [0.15, 0.2) is 11.5 Å². The van der Waals surface area contributed by atoms with Gasteiger partial charge in [-0.1, -0.05) is 29.3 Å². The molecule has 26 heavy (non-hydrogen) atoms. The molecule has 2 heterocycles. The summed E-state index contributed by atoms with van der Waals surface area (Å²) in [7, 11) is 0. The van der Waals surface area contributed by atoms with E-state index in [9.17, 15) is 0 Å².